The molecule has 1 heterocycles. The minimum atomic E-state index is -0.313. The maximum absolute atomic E-state index is 13.5. The third-order valence-electron chi connectivity index (χ3n) is 3.37. The molecule has 0 radical (unpaired) electrons. The van der Waals surface area contributed by atoms with Crippen molar-refractivity contribution in [1.82, 2.24) is 10.3 Å². The molecule has 1 N–H and O–H groups in total. The molecule has 1 aromatic carbocycles. The average molecular weight is 297 g/mol. The summed E-state index contributed by atoms with van der Waals surface area (Å²) in [5.74, 6) is -0.313. The molecule has 1 atom stereocenters. The number of halogens is 2. The Labute approximate surface area is 120 Å². The van der Waals surface area contributed by atoms with Gasteiger partial charge in [-0.1, -0.05) is 11.6 Å². The summed E-state index contributed by atoms with van der Waals surface area (Å²) in [6.07, 6.45) is 3.38. The van der Waals surface area contributed by atoms with Crippen LogP contribution in [0.2, 0.25) is 5.02 Å². The summed E-state index contributed by atoms with van der Waals surface area (Å²) in [5, 5.41) is 4.61. The number of aromatic nitrogens is 1. The van der Waals surface area contributed by atoms with Gasteiger partial charge in [-0.3, -0.25) is 0 Å². The third-order valence-corrected chi connectivity index (χ3v) is 4.81. The van der Waals surface area contributed by atoms with Crippen LogP contribution in [-0.2, 0) is 12.8 Å². The molecule has 2 aromatic rings. The Bertz CT molecular complexity index is 570. The molecule has 0 amide bonds. The van der Waals surface area contributed by atoms with Gasteiger partial charge < -0.3 is 5.32 Å². The summed E-state index contributed by atoms with van der Waals surface area (Å²) in [5.41, 5.74) is 2.03. The van der Waals surface area contributed by atoms with Gasteiger partial charge in [-0.2, -0.15) is 0 Å². The van der Waals surface area contributed by atoms with E-state index in [0.717, 1.165) is 23.4 Å². The topological polar surface area (TPSA) is 24.9 Å². The van der Waals surface area contributed by atoms with Crippen molar-refractivity contribution >= 4 is 22.9 Å². The van der Waals surface area contributed by atoms with Crippen LogP contribution in [0.1, 0.15) is 33.6 Å². The fourth-order valence-corrected chi connectivity index (χ4v) is 4.03. The molecule has 19 heavy (non-hydrogen) atoms. The fraction of sp³-hybridized carbons (Fsp3) is 0.357. The summed E-state index contributed by atoms with van der Waals surface area (Å²) in [4.78, 5) is 6.06. The zero-order chi connectivity index (χ0) is 13.4. The van der Waals surface area contributed by atoms with Crippen molar-refractivity contribution in [3.05, 3.63) is 50.2 Å². The van der Waals surface area contributed by atoms with E-state index in [9.17, 15) is 4.39 Å². The Kier molecular flexibility index (Phi) is 3.56. The largest absolute Gasteiger partial charge is 0.307 e. The number of rotatable bonds is 3. The number of fused-ring (bicyclic) bond motifs is 1. The molecule has 100 valence electrons. The van der Waals surface area contributed by atoms with Crippen molar-refractivity contribution < 1.29 is 4.39 Å². The molecular formula is C14H14ClFN2S. The third kappa shape index (κ3) is 2.53. The highest BCUT2D eigenvalue weighted by atomic mass is 35.5. The SMILES string of the molecule is CNC(c1cc(F)cc(Cl)c1)c1nc2c(s1)CCC2. The summed E-state index contributed by atoms with van der Waals surface area (Å²) in [6.45, 7) is 0. The van der Waals surface area contributed by atoms with Crippen molar-refractivity contribution in [1.29, 1.82) is 0 Å². The normalized spacial score (nSPS) is 15.5. The minimum absolute atomic E-state index is 0.0937. The van der Waals surface area contributed by atoms with Crippen molar-refractivity contribution in [3.8, 4) is 0 Å². The molecule has 3 rings (SSSR count). The average Bonchev–Trinajstić information content (AvgIpc) is 2.89. The molecule has 0 spiro atoms. The molecule has 0 bridgehead atoms. The Morgan fingerprint density at radius 1 is 1.37 bits per heavy atom. The molecule has 1 unspecified atom stereocenters. The van der Waals surface area contributed by atoms with Crippen molar-refractivity contribution in [2.24, 2.45) is 0 Å². The first-order valence-corrected chi connectivity index (χ1v) is 7.48. The molecule has 2 nitrogen and oxygen atoms in total. The van der Waals surface area contributed by atoms with E-state index in [2.05, 4.69) is 10.3 Å². The van der Waals surface area contributed by atoms with Gasteiger partial charge in [-0.05, 0) is 50.1 Å². The summed E-state index contributed by atoms with van der Waals surface area (Å²) in [7, 11) is 1.86. The molecule has 1 aromatic heterocycles. The molecule has 1 aliphatic carbocycles. The lowest BCUT2D eigenvalue weighted by Gasteiger charge is -2.14. The van der Waals surface area contributed by atoms with Crippen molar-refractivity contribution in [2.45, 2.75) is 25.3 Å². The maximum Gasteiger partial charge on any atom is 0.125 e. The van der Waals surface area contributed by atoms with E-state index < -0.39 is 0 Å². The summed E-state index contributed by atoms with van der Waals surface area (Å²) < 4.78 is 13.5. The van der Waals surface area contributed by atoms with E-state index in [1.807, 2.05) is 7.05 Å². The van der Waals surface area contributed by atoms with Gasteiger partial charge in [0, 0.05) is 9.90 Å². The van der Waals surface area contributed by atoms with Gasteiger partial charge in [-0.15, -0.1) is 11.3 Å². The van der Waals surface area contributed by atoms with Gasteiger partial charge in [0.05, 0.1) is 11.7 Å². The first kappa shape index (κ1) is 13.0. The second kappa shape index (κ2) is 5.19. The molecule has 0 fully saturated rings. The van der Waals surface area contributed by atoms with Gasteiger partial charge in [-0.25, -0.2) is 9.37 Å². The Balaban J connectivity index is 1.99. The molecule has 0 saturated heterocycles. The predicted octanol–water partition coefficient (Wildman–Crippen LogP) is 3.73. The molecule has 5 heteroatoms. The van der Waals surface area contributed by atoms with Crippen LogP contribution in [0.3, 0.4) is 0 Å². The number of nitrogens with one attached hydrogen (secondary N) is 1. The zero-order valence-electron chi connectivity index (χ0n) is 10.5. The van der Waals surface area contributed by atoms with Crippen LogP contribution in [0, 0.1) is 5.82 Å². The molecular weight excluding hydrogens is 283 g/mol. The van der Waals surface area contributed by atoms with Gasteiger partial charge in [0.1, 0.15) is 10.8 Å². The van der Waals surface area contributed by atoms with Crippen LogP contribution >= 0.6 is 22.9 Å². The Morgan fingerprint density at radius 2 is 2.21 bits per heavy atom. The summed E-state index contributed by atoms with van der Waals surface area (Å²) >= 11 is 7.65. The molecule has 0 aliphatic heterocycles. The lowest BCUT2D eigenvalue weighted by Crippen LogP contribution is -2.17. The van der Waals surface area contributed by atoms with Crippen molar-refractivity contribution in [3.63, 3.8) is 0 Å². The monoisotopic (exact) mass is 296 g/mol. The number of hydrogen-bond acceptors (Lipinski definition) is 3. The predicted molar refractivity (Wildman–Crippen MR) is 76.5 cm³/mol. The van der Waals surface area contributed by atoms with E-state index in [4.69, 9.17) is 11.6 Å². The minimum Gasteiger partial charge on any atom is -0.307 e. The number of nitrogens with zero attached hydrogens (tertiary/aromatic N) is 1. The van der Waals surface area contributed by atoms with Crippen LogP contribution in [0.15, 0.2) is 18.2 Å². The first-order valence-electron chi connectivity index (χ1n) is 6.29. The van der Waals surface area contributed by atoms with E-state index in [-0.39, 0.29) is 11.9 Å². The van der Waals surface area contributed by atoms with Gasteiger partial charge in [0.2, 0.25) is 0 Å². The Morgan fingerprint density at radius 3 is 2.89 bits per heavy atom. The molecule has 1 aliphatic rings. The van der Waals surface area contributed by atoms with Crippen LogP contribution in [-0.4, -0.2) is 12.0 Å². The van der Waals surface area contributed by atoms with Gasteiger partial charge in [0.15, 0.2) is 0 Å². The lowest BCUT2D eigenvalue weighted by molar-refractivity contribution is 0.616. The van der Waals surface area contributed by atoms with E-state index in [1.54, 1.807) is 17.4 Å². The Hall–Kier alpha value is -0.970. The second-order valence-electron chi connectivity index (χ2n) is 4.70. The fourth-order valence-electron chi connectivity index (χ4n) is 2.51. The number of aryl methyl sites for hydroxylation is 2. The van der Waals surface area contributed by atoms with E-state index >= 15 is 0 Å². The lowest BCUT2D eigenvalue weighted by atomic mass is 10.1. The van der Waals surface area contributed by atoms with E-state index in [0.29, 0.717) is 5.02 Å². The highest BCUT2D eigenvalue weighted by Gasteiger charge is 2.22. The van der Waals surface area contributed by atoms with Crippen LogP contribution in [0.25, 0.3) is 0 Å². The van der Waals surface area contributed by atoms with Crippen molar-refractivity contribution in [2.75, 3.05) is 7.05 Å². The van der Waals surface area contributed by atoms with Crippen LogP contribution in [0.4, 0.5) is 4.39 Å². The number of thiazole rings is 1. The highest BCUT2D eigenvalue weighted by Crippen LogP contribution is 2.33. The highest BCUT2D eigenvalue weighted by molar-refractivity contribution is 7.11. The first-order chi connectivity index (χ1) is 9.17. The van der Waals surface area contributed by atoms with Gasteiger partial charge >= 0.3 is 0 Å². The van der Waals surface area contributed by atoms with Crippen LogP contribution in [0.5, 0.6) is 0 Å². The summed E-state index contributed by atoms with van der Waals surface area (Å²) in [6, 6.07) is 4.53. The van der Waals surface area contributed by atoms with Gasteiger partial charge in [0.25, 0.3) is 0 Å². The zero-order valence-corrected chi connectivity index (χ0v) is 12.1. The molecule has 0 saturated carbocycles. The van der Waals surface area contributed by atoms with Crippen LogP contribution < -0.4 is 5.32 Å². The number of hydrogen-bond donors (Lipinski definition) is 1. The maximum atomic E-state index is 13.5. The quantitative estimate of drug-likeness (QED) is 0.933. The number of benzene rings is 1. The standard InChI is InChI=1S/C14H14ClFN2S/c1-17-13(8-5-9(15)7-10(16)6-8)14-18-11-3-2-4-12(11)19-14/h5-7,13,17H,2-4H2,1H3. The van der Waals surface area contributed by atoms with E-state index in [1.165, 1.54) is 29.1 Å². The smallest absolute Gasteiger partial charge is 0.125 e. The second-order valence-corrected chi connectivity index (χ2v) is 6.25.